The highest BCUT2D eigenvalue weighted by Crippen LogP contribution is 2.37. The quantitative estimate of drug-likeness (QED) is 0.397. The van der Waals surface area contributed by atoms with Crippen molar-refractivity contribution in [2.45, 2.75) is 0 Å². The maximum absolute atomic E-state index is 13.2. The van der Waals surface area contributed by atoms with E-state index in [-0.39, 0.29) is 11.7 Å². The topological polar surface area (TPSA) is 81.7 Å². The van der Waals surface area contributed by atoms with Crippen LogP contribution >= 0.6 is 0 Å². The predicted molar refractivity (Wildman–Crippen MR) is 119 cm³/mol. The maximum atomic E-state index is 13.2. The van der Waals surface area contributed by atoms with E-state index >= 15 is 0 Å². The minimum Gasteiger partial charge on any atom is -0.497 e. The summed E-state index contributed by atoms with van der Waals surface area (Å²) in [6, 6.07) is 23.2. The standard InChI is InChI=1S/C25H17NO5/c1-29-18-9-10-19-21(14-18)31-24(23(19)15-5-3-2-4-6-15)25(28)26-17-8-11-20-16(13-17)7-12-22(27)30-20/h2-14H,1H3,(H,26,28). The van der Waals surface area contributed by atoms with Gasteiger partial charge in [0.25, 0.3) is 5.91 Å². The summed E-state index contributed by atoms with van der Waals surface area (Å²) in [6.45, 7) is 0. The van der Waals surface area contributed by atoms with Crippen LogP contribution in [0.1, 0.15) is 10.6 Å². The molecule has 0 atom stereocenters. The zero-order chi connectivity index (χ0) is 21.4. The van der Waals surface area contributed by atoms with E-state index in [1.807, 2.05) is 42.5 Å². The van der Waals surface area contributed by atoms with Crippen LogP contribution in [0.2, 0.25) is 0 Å². The zero-order valence-corrected chi connectivity index (χ0v) is 16.5. The Morgan fingerprint density at radius 2 is 1.71 bits per heavy atom. The number of nitrogens with one attached hydrogen (secondary N) is 1. The number of methoxy groups -OCH3 is 1. The largest absolute Gasteiger partial charge is 0.497 e. The SMILES string of the molecule is COc1ccc2c(-c3ccccc3)c(C(=O)Nc3ccc4oc(=O)ccc4c3)oc2c1. The summed E-state index contributed by atoms with van der Waals surface area (Å²) in [4.78, 5) is 24.6. The van der Waals surface area contributed by atoms with Gasteiger partial charge >= 0.3 is 5.63 Å². The minimum atomic E-state index is -0.422. The van der Waals surface area contributed by atoms with Crippen molar-refractivity contribution >= 4 is 33.5 Å². The van der Waals surface area contributed by atoms with Gasteiger partial charge in [-0.15, -0.1) is 0 Å². The van der Waals surface area contributed by atoms with Crippen LogP contribution in [0.15, 0.2) is 92.5 Å². The minimum absolute atomic E-state index is 0.203. The Bertz CT molecular complexity index is 1480. The molecule has 0 saturated heterocycles. The second kappa shape index (κ2) is 7.50. The fourth-order valence-electron chi connectivity index (χ4n) is 3.59. The van der Waals surface area contributed by atoms with Gasteiger partial charge in [-0.1, -0.05) is 30.3 Å². The number of carbonyl (C=O) groups is 1. The highest BCUT2D eigenvalue weighted by molar-refractivity contribution is 6.13. The van der Waals surface area contributed by atoms with Gasteiger partial charge in [-0.3, -0.25) is 4.79 Å². The first kappa shape index (κ1) is 18.7. The molecule has 5 rings (SSSR count). The van der Waals surface area contributed by atoms with Crippen molar-refractivity contribution < 1.29 is 18.4 Å². The normalized spacial score (nSPS) is 11.0. The van der Waals surface area contributed by atoms with Gasteiger partial charge in [0.15, 0.2) is 0 Å². The van der Waals surface area contributed by atoms with E-state index in [1.54, 1.807) is 37.4 Å². The Morgan fingerprint density at radius 1 is 0.871 bits per heavy atom. The molecule has 0 aliphatic carbocycles. The second-order valence-corrected chi connectivity index (χ2v) is 7.00. The third kappa shape index (κ3) is 3.44. The van der Waals surface area contributed by atoms with E-state index in [2.05, 4.69) is 5.32 Å². The first-order chi connectivity index (χ1) is 15.1. The highest BCUT2D eigenvalue weighted by atomic mass is 16.5. The zero-order valence-electron chi connectivity index (χ0n) is 16.5. The summed E-state index contributed by atoms with van der Waals surface area (Å²) in [5.74, 6) is 0.462. The molecule has 1 amide bonds. The van der Waals surface area contributed by atoms with Crippen molar-refractivity contribution in [2.75, 3.05) is 12.4 Å². The molecule has 0 aliphatic rings. The highest BCUT2D eigenvalue weighted by Gasteiger charge is 2.22. The summed E-state index contributed by atoms with van der Waals surface area (Å²) >= 11 is 0. The lowest BCUT2D eigenvalue weighted by atomic mass is 10.0. The molecule has 2 aromatic heterocycles. The number of fused-ring (bicyclic) bond motifs is 2. The van der Waals surface area contributed by atoms with Gasteiger partial charge in [-0.2, -0.15) is 0 Å². The van der Waals surface area contributed by atoms with E-state index in [4.69, 9.17) is 13.6 Å². The molecule has 0 aliphatic heterocycles. The second-order valence-electron chi connectivity index (χ2n) is 7.00. The molecular formula is C25H17NO5. The number of benzene rings is 3. The van der Waals surface area contributed by atoms with Gasteiger partial charge in [-0.05, 0) is 42.0 Å². The number of hydrogen-bond donors (Lipinski definition) is 1. The summed E-state index contributed by atoms with van der Waals surface area (Å²) in [7, 11) is 1.58. The van der Waals surface area contributed by atoms with E-state index < -0.39 is 5.63 Å². The molecule has 152 valence electrons. The number of ether oxygens (including phenoxy) is 1. The number of rotatable bonds is 4. The summed E-state index contributed by atoms with van der Waals surface area (Å²) < 4.78 is 16.4. The number of anilines is 1. The van der Waals surface area contributed by atoms with Crippen LogP contribution in [-0.4, -0.2) is 13.0 Å². The van der Waals surface area contributed by atoms with Crippen LogP contribution in [0.3, 0.4) is 0 Å². The van der Waals surface area contributed by atoms with Crippen molar-refractivity contribution in [2.24, 2.45) is 0 Å². The molecular weight excluding hydrogens is 394 g/mol. The van der Waals surface area contributed by atoms with Crippen LogP contribution in [0.4, 0.5) is 5.69 Å². The van der Waals surface area contributed by atoms with Crippen molar-refractivity contribution in [1.29, 1.82) is 0 Å². The van der Waals surface area contributed by atoms with E-state index in [0.29, 0.717) is 33.6 Å². The van der Waals surface area contributed by atoms with Crippen LogP contribution in [0.5, 0.6) is 5.75 Å². The molecule has 0 spiro atoms. The first-order valence-corrected chi connectivity index (χ1v) is 9.63. The van der Waals surface area contributed by atoms with Crippen molar-refractivity contribution in [3.63, 3.8) is 0 Å². The molecule has 6 heteroatoms. The maximum Gasteiger partial charge on any atom is 0.336 e. The van der Waals surface area contributed by atoms with Crippen molar-refractivity contribution in [3.8, 4) is 16.9 Å². The number of furan rings is 1. The Balaban J connectivity index is 1.59. The molecule has 6 nitrogen and oxygen atoms in total. The smallest absolute Gasteiger partial charge is 0.336 e. The Labute approximate surface area is 176 Å². The lowest BCUT2D eigenvalue weighted by Gasteiger charge is -2.07. The molecule has 0 unspecified atom stereocenters. The Hall–Kier alpha value is -4.32. The molecule has 31 heavy (non-hydrogen) atoms. The van der Waals surface area contributed by atoms with Gasteiger partial charge in [0, 0.05) is 34.2 Å². The molecule has 0 bridgehead atoms. The average molecular weight is 411 g/mol. The number of amides is 1. The molecule has 2 heterocycles. The fourth-order valence-corrected chi connectivity index (χ4v) is 3.59. The van der Waals surface area contributed by atoms with Crippen LogP contribution in [-0.2, 0) is 0 Å². The summed E-state index contributed by atoms with van der Waals surface area (Å²) in [5.41, 5.74) is 2.73. The van der Waals surface area contributed by atoms with Crippen LogP contribution < -0.4 is 15.7 Å². The monoisotopic (exact) mass is 411 g/mol. The van der Waals surface area contributed by atoms with E-state index in [1.165, 1.54) is 6.07 Å². The Kier molecular flexibility index (Phi) is 4.52. The third-order valence-electron chi connectivity index (χ3n) is 5.04. The van der Waals surface area contributed by atoms with Crippen LogP contribution in [0, 0.1) is 0 Å². The average Bonchev–Trinajstić information content (AvgIpc) is 3.18. The Morgan fingerprint density at radius 3 is 2.52 bits per heavy atom. The predicted octanol–water partition coefficient (Wildman–Crippen LogP) is 5.47. The molecule has 1 N–H and O–H groups in total. The van der Waals surface area contributed by atoms with Gasteiger partial charge in [0.2, 0.25) is 5.76 Å². The first-order valence-electron chi connectivity index (χ1n) is 9.63. The third-order valence-corrected chi connectivity index (χ3v) is 5.04. The molecule has 0 fully saturated rings. The van der Waals surface area contributed by atoms with Crippen LogP contribution in [0.25, 0.3) is 33.1 Å². The number of carbonyl (C=O) groups excluding carboxylic acids is 1. The van der Waals surface area contributed by atoms with Gasteiger partial charge < -0.3 is 18.9 Å². The molecule has 0 radical (unpaired) electrons. The molecule has 5 aromatic rings. The lowest BCUT2D eigenvalue weighted by molar-refractivity contribution is 0.0999. The number of hydrogen-bond acceptors (Lipinski definition) is 5. The molecule has 3 aromatic carbocycles. The summed E-state index contributed by atoms with van der Waals surface area (Å²) in [5, 5.41) is 4.40. The molecule has 0 saturated carbocycles. The summed E-state index contributed by atoms with van der Waals surface area (Å²) in [6.07, 6.45) is 0. The van der Waals surface area contributed by atoms with Gasteiger partial charge in [-0.25, -0.2) is 4.79 Å². The fraction of sp³-hybridized carbons (Fsp3) is 0.0400. The van der Waals surface area contributed by atoms with E-state index in [9.17, 15) is 9.59 Å². The van der Waals surface area contributed by atoms with Crippen molar-refractivity contribution in [1.82, 2.24) is 0 Å². The van der Waals surface area contributed by atoms with Crippen molar-refractivity contribution in [3.05, 3.63) is 95.0 Å². The van der Waals surface area contributed by atoms with E-state index in [0.717, 1.165) is 10.9 Å². The van der Waals surface area contributed by atoms with Gasteiger partial charge in [0.05, 0.1) is 7.11 Å². The van der Waals surface area contributed by atoms with Gasteiger partial charge in [0.1, 0.15) is 16.9 Å². The lowest BCUT2D eigenvalue weighted by Crippen LogP contribution is -2.12.